The molecule has 3 amide bonds. The highest BCUT2D eigenvalue weighted by molar-refractivity contribution is 6.31. The molecule has 2 aromatic rings. The van der Waals surface area contributed by atoms with Gasteiger partial charge in [-0.15, -0.1) is 0 Å². The molecule has 0 bridgehead atoms. The third-order valence-electron chi connectivity index (χ3n) is 6.40. The largest absolute Gasteiger partial charge is 0.495 e. The summed E-state index contributed by atoms with van der Waals surface area (Å²) in [5.41, 5.74) is 1.98. The number of rotatable bonds is 5. The number of amides is 3. The van der Waals surface area contributed by atoms with E-state index in [1.165, 1.54) is 7.11 Å². The van der Waals surface area contributed by atoms with Crippen LogP contribution >= 0.6 is 11.6 Å². The Morgan fingerprint density at radius 1 is 1.15 bits per heavy atom. The van der Waals surface area contributed by atoms with E-state index in [0.29, 0.717) is 22.0 Å². The van der Waals surface area contributed by atoms with Crippen LogP contribution in [0, 0.1) is 6.92 Å². The van der Waals surface area contributed by atoms with Crippen molar-refractivity contribution in [1.29, 1.82) is 0 Å². The maximum atomic E-state index is 13.6. The monoisotopic (exact) mass is 469 g/mol. The van der Waals surface area contributed by atoms with E-state index in [-0.39, 0.29) is 30.3 Å². The first-order chi connectivity index (χ1) is 15.9. The zero-order chi connectivity index (χ0) is 23.5. The topological polar surface area (TPSA) is 87.7 Å². The molecule has 1 aliphatic carbocycles. The molecule has 0 aromatic heterocycles. The highest BCUT2D eigenvalue weighted by atomic mass is 35.5. The third kappa shape index (κ3) is 4.98. The van der Waals surface area contributed by atoms with Crippen LogP contribution in [-0.2, 0) is 9.59 Å². The summed E-state index contributed by atoms with van der Waals surface area (Å²) in [7, 11) is 1.50. The molecule has 1 saturated heterocycles. The van der Waals surface area contributed by atoms with Gasteiger partial charge in [-0.3, -0.25) is 14.4 Å². The number of fused-ring (bicyclic) bond motifs is 1. The number of ether oxygens (including phenoxy) is 1. The summed E-state index contributed by atoms with van der Waals surface area (Å²) in [5, 5.41) is 6.29. The summed E-state index contributed by atoms with van der Waals surface area (Å²) in [4.78, 5) is 41.3. The Labute approximate surface area is 198 Å². The van der Waals surface area contributed by atoms with Gasteiger partial charge in [0.05, 0.1) is 25.3 Å². The van der Waals surface area contributed by atoms with Crippen LogP contribution in [0.2, 0.25) is 5.02 Å². The van der Waals surface area contributed by atoms with Gasteiger partial charge in [0, 0.05) is 16.6 Å². The van der Waals surface area contributed by atoms with E-state index in [9.17, 15) is 14.4 Å². The van der Waals surface area contributed by atoms with Crippen molar-refractivity contribution < 1.29 is 19.1 Å². The molecule has 1 heterocycles. The zero-order valence-corrected chi connectivity index (χ0v) is 19.5. The number of nitrogens with one attached hydrogen (secondary N) is 2. The standard InChI is InChI=1S/C25H28ClN3O4/c1-15-7-9-16(10-8-15)25(32)29-20-6-4-3-5-18(20)28-24(31)21(29)14-23(30)27-19-13-17(26)11-12-22(19)33-2/h7-13,18,20-21H,3-6,14H2,1-2H3,(H,27,30)(H,28,31)/t18-,20-,21-/m0/s1. The molecule has 174 valence electrons. The molecule has 1 saturated carbocycles. The highest BCUT2D eigenvalue weighted by Crippen LogP contribution is 2.32. The number of anilines is 1. The summed E-state index contributed by atoms with van der Waals surface area (Å²) < 4.78 is 5.29. The van der Waals surface area contributed by atoms with Crippen LogP contribution in [-0.4, -0.2) is 47.9 Å². The number of piperazine rings is 1. The molecule has 2 aromatic carbocycles. The van der Waals surface area contributed by atoms with Crippen LogP contribution in [0.4, 0.5) is 5.69 Å². The van der Waals surface area contributed by atoms with Crippen LogP contribution in [0.1, 0.15) is 48.0 Å². The molecule has 2 aliphatic rings. The molecule has 8 heteroatoms. The Balaban J connectivity index is 1.60. The number of methoxy groups -OCH3 is 1. The van der Waals surface area contributed by atoms with Gasteiger partial charge >= 0.3 is 0 Å². The average Bonchev–Trinajstić information content (AvgIpc) is 2.80. The van der Waals surface area contributed by atoms with Crippen LogP contribution in [0.3, 0.4) is 0 Å². The fourth-order valence-corrected chi connectivity index (χ4v) is 4.90. The molecule has 0 radical (unpaired) electrons. The summed E-state index contributed by atoms with van der Waals surface area (Å²) in [6.07, 6.45) is 3.44. The fourth-order valence-electron chi connectivity index (χ4n) is 4.73. The third-order valence-corrected chi connectivity index (χ3v) is 6.64. The van der Waals surface area contributed by atoms with Crippen molar-refractivity contribution in [2.75, 3.05) is 12.4 Å². The number of hydrogen-bond acceptors (Lipinski definition) is 4. The SMILES string of the molecule is COc1ccc(Cl)cc1NC(=O)C[C@H]1C(=O)N[C@H]2CCCC[C@@H]2N1C(=O)c1ccc(C)cc1. The molecule has 2 fully saturated rings. The Morgan fingerprint density at radius 3 is 2.61 bits per heavy atom. The minimum Gasteiger partial charge on any atom is -0.495 e. The number of nitrogens with zero attached hydrogens (tertiary/aromatic N) is 1. The summed E-state index contributed by atoms with van der Waals surface area (Å²) in [6, 6.07) is 11.1. The van der Waals surface area contributed by atoms with Gasteiger partial charge in [0.1, 0.15) is 11.8 Å². The van der Waals surface area contributed by atoms with Gasteiger partial charge in [-0.25, -0.2) is 0 Å². The van der Waals surface area contributed by atoms with Crippen LogP contribution in [0.25, 0.3) is 0 Å². The van der Waals surface area contributed by atoms with E-state index in [2.05, 4.69) is 10.6 Å². The predicted molar refractivity (Wildman–Crippen MR) is 127 cm³/mol. The van der Waals surface area contributed by atoms with E-state index in [0.717, 1.165) is 31.2 Å². The minimum atomic E-state index is -0.900. The second kappa shape index (κ2) is 9.83. The quantitative estimate of drug-likeness (QED) is 0.694. The number of aryl methyl sites for hydroxylation is 1. The summed E-state index contributed by atoms with van der Waals surface area (Å²) >= 11 is 6.07. The first-order valence-electron chi connectivity index (χ1n) is 11.2. The van der Waals surface area contributed by atoms with Crippen LogP contribution in [0.5, 0.6) is 5.75 Å². The summed E-state index contributed by atoms with van der Waals surface area (Å²) in [5.74, 6) is -0.459. The molecule has 0 unspecified atom stereocenters. The number of carbonyl (C=O) groups is 3. The Kier molecular flexibility index (Phi) is 6.88. The Morgan fingerprint density at radius 2 is 1.88 bits per heavy atom. The molecule has 4 rings (SSSR count). The molecule has 1 aliphatic heterocycles. The van der Waals surface area contributed by atoms with Gasteiger partial charge in [-0.1, -0.05) is 42.1 Å². The number of carbonyl (C=O) groups excluding carboxylic acids is 3. The van der Waals surface area contributed by atoms with E-state index < -0.39 is 11.9 Å². The van der Waals surface area contributed by atoms with Crippen molar-refractivity contribution in [3.05, 3.63) is 58.6 Å². The van der Waals surface area contributed by atoms with Gasteiger partial charge in [0.25, 0.3) is 5.91 Å². The Hall–Kier alpha value is -3.06. The number of benzene rings is 2. The van der Waals surface area contributed by atoms with Crippen molar-refractivity contribution in [2.24, 2.45) is 0 Å². The fraction of sp³-hybridized carbons (Fsp3) is 0.400. The molecular weight excluding hydrogens is 442 g/mol. The highest BCUT2D eigenvalue weighted by Gasteiger charge is 2.46. The summed E-state index contributed by atoms with van der Waals surface area (Å²) in [6.45, 7) is 1.96. The number of halogens is 1. The van der Waals surface area contributed by atoms with Crippen molar-refractivity contribution in [3.63, 3.8) is 0 Å². The number of hydrogen-bond donors (Lipinski definition) is 2. The molecule has 2 N–H and O–H groups in total. The second-order valence-electron chi connectivity index (χ2n) is 8.66. The van der Waals surface area contributed by atoms with E-state index in [1.54, 1.807) is 35.2 Å². The molecule has 0 spiro atoms. The van der Waals surface area contributed by atoms with E-state index in [4.69, 9.17) is 16.3 Å². The molecule has 7 nitrogen and oxygen atoms in total. The first kappa shape index (κ1) is 23.1. The van der Waals surface area contributed by atoms with E-state index in [1.807, 2.05) is 19.1 Å². The smallest absolute Gasteiger partial charge is 0.254 e. The van der Waals surface area contributed by atoms with E-state index >= 15 is 0 Å². The van der Waals surface area contributed by atoms with Crippen molar-refractivity contribution >= 4 is 35.0 Å². The minimum absolute atomic E-state index is 0.0898. The molecular formula is C25H28ClN3O4. The first-order valence-corrected chi connectivity index (χ1v) is 11.6. The maximum Gasteiger partial charge on any atom is 0.254 e. The van der Waals surface area contributed by atoms with Gasteiger partial charge in [0.2, 0.25) is 11.8 Å². The molecule has 3 atom stereocenters. The zero-order valence-electron chi connectivity index (χ0n) is 18.8. The lowest BCUT2D eigenvalue weighted by molar-refractivity contribution is -0.135. The van der Waals surface area contributed by atoms with Crippen molar-refractivity contribution in [2.45, 2.75) is 57.2 Å². The van der Waals surface area contributed by atoms with Crippen molar-refractivity contribution in [3.8, 4) is 5.75 Å². The van der Waals surface area contributed by atoms with Gasteiger partial charge in [-0.2, -0.15) is 0 Å². The van der Waals surface area contributed by atoms with Gasteiger partial charge < -0.3 is 20.3 Å². The second-order valence-corrected chi connectivity index (χ2v) is 9.09. The lowest BCUT2D eigenvalue weighted by atomic mass is 9.84. The van der Waals surface area contributed by atoms with Gasteiger partial charge in [0.15, 0.2) is 0 Å². The lowest BCUT2D eigenvalue weighted by Crippen LogP contribution is -2.68. The Bertz CT molecular complexity index is 1060. The maximum absolute atomic E-state index is 13.6. The van der Waals surface area contributed by atoms with Gasteiger partial charge in [-0.05, 0) is 50.1 Å². The van der Waals surface area contributed by atoms with Crippen LogP contribution < -0.4 is 15.4 Å². The lowest BCUT2D eigenvalue weighted by Gasteiger charge is -2.48. The predicted octanol–water partition coefficient (Wildman–Crippen LogP) is 3.94. The van der Waals surface area contributed by atoms with Crippen LogP contribution in [0.15, 0.2) is 42.5 Å². The van der Waals surface area contributed by atoms with Crippen molar-refractivity contribution in [1.82, 2.24) is 10.2 Å². The molecule has 33 heavy (non-hydrogen) atoms. The normalized spacial score (nSPS) is 22.2. The average molecular weight is 470 g/mol.